The van der Waals surface area contributed by atoms with E-state index in [9.17, 15) is 9.90 Å². The smallest absolute Gasteiger partial charge is 0.335 e. The average Bonchev–Trinajstić information content (AvgIpc) is 2.10. The van der Waals surface area contributed by atoms with Crippen LogP contribution in [0, 0.1) is 6.92 Å². The Kier molecular flexibility index (Phi) is 6.16. The summed E-state index contributed by atoms with van der Waals surface area (Å²) >= 11 is 0. The van der Waals surface area contributed by atoms with E-state index < -0.39 is 18.4 Å². The number of aliphatic hydroxyl groups excluding tert-OH is 1. The first kappa shape index (κ1) is 13.1. The van der Waals surface area contributed by atoms with Crippen molar-refractivity contribution >= 4 is 5.97 Å². The molecule has 0 heterocycles. The minimum atomic E-state index is -0.944. The highest BCUT2D eigenvalue weighted by molar-refractivity contribution is 5.87. The Balaban J connectivity index is 4.09. The van der Waals surface area contributed by atoms with Gasteiger partial charge in [-0.1, -0.05) is 13.5 Å². The minimum absolute atomic E-state index is 0.272. The lowest BCUT2D eigenvalue weighted by molar-refractivity contribution is -0.196. The fourth-order valence-electron chi connectivity index (χ4n) is 0.677. The molecule has 0 aromatic carbocycles. The van der Waals surface area contributed by atoms with Gasteiger partial charge in [-0.2, -0.15) is 0 Å². The van der Waals surface area contributed by atoms with Gasteiger partial charge >= 0.3 is 5.97 Å². The normalized spacial score (nSPS) is 14.6. The molecule has 0 saturated heterocycles. The summed E-state index contributed by atoms with van der Waals surface area (Å²) in [7, 11) is 0. The molecule has 0 aliphatic carbocycles. The van der Waals surface area contributed by atoms with E-state index in [1.165, 1.54) is 13.8 Å². The van der Waals surface area contributed by atoms with E-state index in [4.69, 9.17) is 9.47 Å². The van der Waals surface area contributed by atoms with E-state index in [2.05, 4.69) is 13.5 Å². The Labute approximate surface area is 84.5 Å². The zero-order chi connectivity index (χ0) is 11.1. The maximum absolute atomic E-state index is 11.1. The molecule has 2 unspecified atom stereocenters. The van der Waals surface area contributed by atoms with Gasteiger partial charge in [0, 0.05) is 5.57 Å². The second-order valence-electron chi connectivity index (χ2n) is 3.02. The maximum Gasteiger partial charge on any atom is 0.335 e. The van der Waals surface area contributed by atoms with Gasteiger partial charge in [-0.15, -0.1) is 0 Å². The lowest BCUT2D eigenvalue weighted by Gasteiger charge is -2.20. The largest absolute Gasteiger partial charge is 0.430 e. The molecule has 0 aromatic rings. The summed E-state index contributed by atoms with van der Waals surface area (Å²) in [5.74, 6) is -0.569. The maximum atomic E-state index is 11.1. The van der Waals surface area contributed by atoms with Crippen LogP contribution in [0.1, 0.15) is 20.3 Å². The SMILES string of the molecule is [CH2]CCOC(OC(=O)C(=C)C)C(C)O. The van der Waals surface area contributed by atoms with Crippen LogP contribution < -0.4 is 0 Å². The molecule has 0 aromatic heterocycles. The Morgan fingerprint density at radius 3 is 2.50 bits per heavy atom. The minimum Gasteiger partial charge on any atom is -0.430 e. The van der Waals surface area contributed by atoms with Gasteiger partial charge in [-0.25, -0.2) is 4.79 Å². The van der Waals surface area contributed by atoms with Crippen LogP contribution in [0.15, 0.2) is 12.2 Å². The van der Waals surface area contributed by atoms with E-state index >= 15 is 0 Å². The molecule has 2 atom stereocenters. The Bertz CT molecular complexity index is 198. The molecule has 0 rings (SSSR count). The van der Waals surface area contributed by atoms with Crippen LogP contribution in [0.2, 0.25) is 0 Å². The van der Waals surface area contributed by atoms with Gasteiger partial charge in [0.05, 0.1) is 6.61 Å². The highest BCUT2D eigenvalue weighted by Crippen LogP contribution is 2.05. The summed E-state index contributed by atoms with van der Waals surface area (Å²) in [6, 6.07) is 0. The predicted molar refractivity (Wildman–Crippen MR) is 52.3 cm³/mol. The Morgan fingerprint density at radius 2 is 2.14 bits per heavy atom. The van der Waals surface area contributed by atoms with Crippen LogP contribution in [0.25, 0.3) is 0 Å². The lowest BCUT2D eigenvalue weighted by atomic mass is 10.3. The summed E-state index contributed by atoms with van der Waals surface area (Å²) in [5, 5.41) is 9.22. The molecule has 14 heavy (non-hydrogen) atoms. The molecule has 1 radical (unpaired) electrons. The molecule has 0 bridgehead atoms. The van der Waals surface area contributed by atoms with Crippen molar-refractivity contribution in [1.29, 1.82) is 0 Å². The number of esters is 1. The quantitative estimate of drug-likeness (QED) is 0.396. The number of rotatable bonds is 6. The van der Waals surface area contributed by atoms with E-state index in [1.807, 2.05) is 0 Å². The van der Waals surface area contributed by atoms with Gasteiger partial charge in [-0.3, -0.25) is 0 Å². The first-order chi connectivity index (χ1) is 6.49. The Hall–Kier alpha value is -0.870. The zero-order valence-corrected chi connectivity index (χ0v) is 8.66. The number of aliphatic hydroxyl groups is 1. The van der Waals surface area contributed by atoms with Gasteiger partial charge < -0.3 is 14.6 Å². The molecule has 0 amide bonds. The summed E-state index contributed by atoms with van der Waals surface area (Å²) in [4.78, 5) is 11.1. The molecule has 4 nitrogen and oxygen atoms in total. The molecule has 1 N–H and O–H groups in total. The Morgan fingerprint density at radius 1 is 1.57 bits per heavy atom. The average molecular weight is 201 g/mol. The first-order valence-electron chi connectivity index (χ1n) is 4.44. The van der Waals surface area contributed by atoms with Crippen LogP contribution in [0.4, 0.5) is 0 Å². The van der Waals surface area contributed by atoms with Gasteiger partial charge in [-0.05, 0) is 20.3 Å². The van der Waals surface area contributed by atoms with Crippen molar-refractivity contribution in [2.45, 2.75) is 32.7 Å². The number of carbonyl (C=O) groups is 1. The summed E-state index contributed by atoms with van der Waals surface area (Å²) in [6.07, 6.45) is -1.26. The van der Waals surface area contributed by atoms with Gasteiger partial charge in [0.25, 0.3) is 0 Å². The number of hydrogen-bond donors (Lipinski definition) is 1. The molecule has 0 fully saturated rings. The third-order valence-corrected chi connectivity index (χ3v) is 1.39. The van der Waals surface area contributed by atoms with Crippen molar-refractivity contribution in [1.82, 2.24) is 0 Å². The summed E-state index contributed by atoms with van der Waals surface area (Å²) in [5.41, 5.74) is 0.272. The predicted octanol–water partition coefficient (Wildman–Crippen LogP) is 1.05. The van der Waals surface area contributed by atoms with Crippen molar-refractivity contribution in [3.63, 3.8) is 0 Å². The molecule has 81 valence electrons. The monoisotopic (exact) mass is 201 g/mol. The van der Waals surface area contributed by atoms with Crippen LogP contribution >= 0.6 is 0 Å². The highest BCUT2D eigenvalue weighted by atomic mass is 16.7. The molecule has 0 aliphatic heterocycles. The van der Waals surface area contributed by atoms with Crippen molar-refractivity contribution in [2.75, 3.05) is 6.61 Å². The molecule has 0 saturated carbocycles. The fourth-order valence-corrected chi connectivity index (χ4v) is 0.677. The van der Waals surface area contributed by atoms with Crippen LogP contribution in [0.5, 0.6) is 0 Å². The number of carbonyl (C=O) groups excluding carboxylic acids is 1. The van der Waals surface area contributed by atoms with Gasteiger partial charge in [0.2, 0.25) is 6.29 Å². The van der Waals surface area contributed by atoms with Crippen LogP contribution in [0.3, 0.4) is 0 Å². The highest BCUT2D eigenvalue weighted by Gasteiger charge is 2.20. The van der Waals surface area contributed by atoms with Crippen molar-refractivity contribution in [3.05, 3.63) is 19.1 Å². The van der Waals surface area contributed by atoms with Gasteiger partial charge in [0.1, 0.15) is 6.10 Å². The molecule has 4 heteroatoms. The summed E-state index contributed by atoms with van der Waals surface area (Å²) in [6.45, 7) is 10.3. The molecule has 0 spiro atoms. The van der Waals surface area contributed by atoms with E-state index in [0.717, 1.165) is 0 Å². The second kappa shape index (κ2) is 6.56. The zero-order valence-electron chi connectivity index (χ0n) is 8.66. The second-order valence-corrected chi connectivity index (χ2v) is 3.02. The van der Waals surface area contributed by atoms with Crippen molar-refractivity contribution in [3.8, 4) is 0 Å². The van der Waals surface area contributed by atoms with Crippen molar-refractivity contribution < 1.29 is 19.4 Å². The fraction of sp³-hybridized carbons (Fsp3) is 0.600. The number of ether oxygens (including phenoxy) is 2. The van der Waals surface area contributed by atoms with Crippen molar-refractivity contribution in [2.24, 2.45) is 0 Å². The topological polar surface area (TPSA) is 55.8 Å². The standard InChI is InChI=1S/C10H17O4/c1-5-6-13-10(8(4)11)14-9(12)7(2)3/h8,10-11H,1-2,5-6H2,3-4H3. The lowest BCUT2D eigenvalue weighted by Crippen LogP contribution is -2.32. The van der Waals surface area contributed by atoms with E-state index in [-0.39, 0.29) is 5.57 Å². The van der Waals surface area contributed by atoms with E-state index in [1.54, 1.807) is 0 Å². The molecular formula is C10H17O4. The molecular weight excluding hydrogens is 184 g/mol. The number of hydrogen-bond acceptors (Lipinski definition) is 4. The van der Waals surface area contributed by atoms with Crippen LogP contribution in [-0.2, 0) is 14.3 Å². The molecule has 0 aliphatic rings. The van der Waals surface area contributed by atoms with Gasteiger partial charge in [0.15, 0.2) is 0 Å². The third kappa shape index (κ3) is 4.99. The first-order valence-corrected chi connectivity index (χ1v) is 4.44. The van der Waals surface area contributed by atoms with Crippen LogP contribution in [-0.4, -0.2) is 30.1 Å². The van der Waals surface area contributed by atoms with E-state index in [0.29, 0.717) is 13.0 Å². The summed E-state index contributed by atoms with van der Waals surface area (Å²) < 4.78 is 9.91. The third-order valence-electron chi connectivity index (χ3n) is 1.39.